The van der Waals surface area contributed by atoms with Crippen molar-refractivity contribution >= 4 is 28.0 Å². The van der Waals surface area contributed by atoms with Gasteiger partial charge in [0.15, 0.2) is 6.04 Å². The van der Waals surface area contributed by atoms with E-state index in [2.05, 4.69) is 30.8 Å². The highest BCUT2D eigenvalue weighted by Crippen LogP contribution is 2.30. The molecule has 0 radical (unpaired) electrons. The van der Waals surface area contributed by atoms with Gasteiger partial charge in [0.2, 0.25) is 6.23 Å². The molecule has 1 amide bonds. The van der Waals surface area contributed by atoms with E-state index in [1.807, 2.05) is 62.2 Å². The Morgan fingerprint density at radius 1 is 1.15 bits per heavy atom. The van der Waals surface area contributed by atoms with E-state index in [0.29, 0.717) is 6.54 Å². The number of benzene rings is 1. The lowest BCUT2D eigenvalue weighted by Crippen LogP contribution is -2.41. The second kappa shape index (κ2) is 11.8. The van der Waals surface area contributed by atoms with E-state index in [9.17, 15) is 9.90 Å². The lowest BCUT2D eigenvalue weighted by Gasteiger charge is -2.19. The van der Waals surface area contributed by atoms with Gasteiger partial charge in [0.25, 0.3) is 0 Å². The molecule has 2 N–H and O–H groups in total. The summed E-state index contributed by atoms with van der Waals surface area (Å²) >= 11 is 3.48. The fourth-order valence-electron chi connectivity index (χ4n) is 4.09. The van der Waals surface area contributed by atoms with Gasteiger partial charge in [0.05, 0.1) is 12.7 Å². The highest BCUT2D eigenvalue weighted by Gasteiger charge is 2.45. The highest BCUT2D eigenvalue weighted by atomic mass is 79.9. The number of fused-ring (bicyclic) bond motifs is 1. The smallest absolute Gasteiger partial charge is 0.407 e. The molecule has 2 unspecified atom stereocenters. The zero-order valence-corrected chi connectivity index (χ0v) is 21.4. The van der Waals surface area contributed by atoms with Crippen molar-refractivity contribution in [2.45, 2.75) is 77.2 Å². The molecular formula is C25H36BrN4O3+. The van der Waals surface area contributed by atoms with Gasteiger partial charge < -0.3 is 15.2 Å². The van der Waals surface area contributed by atoms with Gasteiger partial charge in [-0.15, -0.1) is 0 Å². The number of unbranched alkanes of at least 4 members (excludes halogenated alkanes) is 5. The number of nitrogens with zero attached hydrogens (tertiary/aromatic N) is 3. The predicted molar refractivity (Wildman–Crippen MR) is 132 cm³/mol. The molecule has 0 spiro atoms. The van der Waals surface area contributed by atoms with Crippen LogP contribution in [0, 0.1) is 0 Å². The quantitative estimate of drug-likeness (QED) is 0.350. The first-order chi connectivity index (χ1) is 15.8. The summed E-state index contributed by atoms with van der Waals surface area (Å²) < 4.78 is 8.32. The van der Waals surface area contributed by atoms with Gasteiger partial charge in [0.1, 0.15) is 11.8 Å². The van der Waals surface area contributed by atoms with Crippen molar-refractivity contribution in [3.8, 4) is 0 Å². The number of hydrogen-bond donors (Lipinski definition) is 2. The van der Waals surface area contributed by atoms with E-state index in [1.54, 1.807) is 6.20 Å². The molecule has 2 aromatic rings. The van der Waals surface area contributed by atoms with Crippen LogP contribution < -0.4 is 14.8 Å². The van der Waals surface area contributed by atoms with E-state index in [4.69, 9.17) is 4.74 Å². The number of halogens is 1. The highest BCUT2D eigenvalue weighted by molar-refractivity contribution is 9.10. The van der Waals surface area contributed by atoms with Gasteiger partial charge in [-0.25, -0.2) is 14.3 Å². The average Bonchev–Trinajstić information content (AvgIpc) is 3.03. The van der Waals surface area contributed by atoms with Gasteiger partial charge in [-0.3, -0.25) is 0 Å². The van der Waals surface area contributed by atoms with Crippen LogP contribution in [0.2, 0.25) is 0 Å². The van der Waals surface area contributed by atoms with Crippen LogP contribution in [-0.2, 0) is 4.74 Å². The molecule has 1 aliphatic rings. The van der Waals surface area contributed by atoms with Crippen LogP contribution in [0.3, 0.4) is 0 Å². The molecule has 1 aliphatic heterocycles. The molecular weight excluding hydrogens is 484 g/mol. The van der Waals surface area contributed by atoms with Crippen molar-refractivity contribution in [3.63, 3.8) is 0 Å². The van der Waals surface area contributed by atoms with E-state index < -0.39 is 11.8 Å². The number of aliphatic hydroxyl groups excluding tert-OH is 1. The fraction of sp³-hybridized carbons (Fsp3) is 0.560. The number of carbonyl (C=O) groups excluding carboxylic acids is 1. The minimum Gasteiger partial charge on any atom is -0.444 e. The van der Waals surface area contributed by atoms with E-state index >= 15 is 0 Å². The molecule has 8 heteroatoms. The Hall–Kier alpha value is -2.19. The van der Waals surface area contributed by atoms with Gasteiger partial charge >= 0.3 is 12.0 Å². The van der Waals surface area contributed by atoms with Gasteiger partial charge in [-0.05, 0) is 51.3 Å². The van der Waals surface area contributed by atoms with Crippen molar-refractivity contribution in [2.75, 3.05) is 18.0 Å². The first kappa shape index (κ1) is 25.4. The molecule has 0 saturated heterocycles. The molecule has 0 fully saturated rings. The SMILES string of the molecule is CC(C)(C)OC(=O)NCCCCCCCCN1c2nccc[n+]2C(c2ccc(Br)cc2)C1O. The number of hydrogen-bond acceptors (Lipinski definition) is 5. The average molecular weight is 520 g/mol. The van der Waals surface area contributed by atoms with Crippen molar-refractivity contribution in [3.05, 3.63) is 52.8 Å². The van der Waals surface area contributed by atoms with Gasteiger partial charge in [0, 0.05) is 17.1 Å². The molecule has 0 bridgehead atoms. The summed E-state index contributed by atoms with van der Waals surface area (Å²) in [5.74, 6) is 0.811. The summed E-state index contributed by atoms with van der Waals surface area (Å²) in [7, 11) is 0. The normalized spacial score (nSPS) is 17.7. The van der Waals surface area contributed by atoms with Crippen LogP contribution in [0.25, 0.3) is 0 Å². The molecule has 3 rings (SSSR count). The number of nitrogens with one attached hydrogen (secondary N) is 1. The number of alkyl carbamates (subject to hydrolysis) is 1. The number of anilines is 1. The molecule has 180 valence electrons. The number of rotatable bonds is 10. The Bertz CT molecular complexity index is 901. The fourth-order valence-corrected chi connectivity index (χ4v) is 4.35. The Morgan fingerprint density at radius 3 is 2.52 bits per heavy atom. The third-order valence-corrected chi connectivity index (χ3v) is 6.15. The molecule has 2 atom stereocenters. The molecule has 7 nitrogen and oxygen atoms in total. The maximum Gasteiger partial charge on any atom is 0.407 e. The Kier molecular flexibility index (Phi) is 9.09. The lowest BCUT2D eigenvalue weighted by molar-refractivity contribution is -0.697. The molecule has 2 heterocycles. The number of aromatic nitrogens is 2. The van der Waals surface area contributed by atoms with Crippen molar-refractivity contribution in [1.82, 2.24) is 10.3 Å². The third kappa shape index (κ3) is 7.40. The van der Waals surface area contributed by atoms with Gasteiger partial charge in [-0.1, -0.05) is 58.7 Å². The molecule has 1 aromatic heterocycles. The molecule has 33 heavy (non-hydrogen) atoms. The second-order valence-electron chi connectivity index (χ2n) is 9.48. The van der Waals surface area contributed by atoms with Crippen molar-refractivity contribution in [2.24, 2.45) is 0 Å². The summed E-state index contributed by atoms with van der Waals surface area (Å²) in [6.07, 6.45) is 9.17. The number of carbonyl (C=O) groups is 1. The molecule has 0 aliphatic carbocycles. The van der Waals surface area contributed by atoms with Crippen LogP contribution in [0.4, 0.5) is 10.7 Å². The minimum absolute atomic E-state index is 0.167. The zero-order valence-electron chi connectivity index (χ0n) is 19.8. The summed E-state index contributed by atoms with van der Waals surface area (Å²) in [6, 6.07) is 9.84. The van der Waals surface area contributed by atoms with Crippen LogP contribution in [0.15, 0.2) is 47.2 Å². The third-order valence-electron chi connectivity index (χ3n) is 5.62. The Labute approximate surface area is 205 Å². The Balaban J connectivity index is 1.38. The summed E-state index contributed by atoms with van der Waals surface area (Å²) in [5, 5.41) is 13.9. The molecule has 0 saturated carbocycles. The monoisotopic (exact) mass is 519 g/mol. The number of aliphatic hydroxyl groups is 1. The Morgan fingerprint density at radius 2 is 1.82 bits per heavy atom. The maximum absolute atomic E-state index is 11.6. The van der Waals surface area contributed by atoms with Crippen LogP contribution >= 0.6 is 15.9 Å². The van der Waals surface area contributed by atoms with E-state index in [1.165, 1.54) is 0 Å². The summed E-state index contributed by atoms with van der Waals surface area (Å²) in [4.78, 5) is 18.2. The van der Waals surface area contributed by atoms with E-state index in [-0.39, 0.29) is 12.1 Å². The number of ether oxygens (including phenoxy) is 1. The second-order valence-corrected chi connectivity index (χ2v) is 10.4. The maximum atomic E-state index is 11.6. The summed E-state index contributed by atoms with van der Waals surface area (Å²) in [5.41, 5.74) is 0.604. The summed E-state index contributed by atoms with van der Waals surface area (Å²) in [6.45, 7) is 7.00. The predicted octanol–water partition coefficient (Wildman–Crippen LogP) is 4.72. The first-order valence-electron chi connectivity index (χ1n) is 11.8. The van der Waals surface area contributed by atoms with Crippen molar-refractivity contribution in [1.29, 1.82) is 0 Å². The lowest BCUT2D eigenvalue weighted by atomic mass is 10.1. The molecule has 1 aromatic carbocycles. The van der Waals surface area contributed by atoms with Crippen LogP contribution in [0.1, 0.15) is 70.9 Å². The van der Waals surface area contributed by atoms with Crippen molar-refractivity contribution < 1.29 is 19.2 Å². The van der Waals surface area contributed by atoms with Gasteiger partial charge in [-0.2, -0.15) is 0 Å². The number of amides is 1. The topological polar surface area (TPSA) is 78.6 Å². The largest absolute Gasteiger partial charge is 0.444 e. The van der Waals surface area contributed by atoms with E-state index in [0.717, 1.165) is 61.1 Å². The van der Waals surface area contributed by atoms with Crippen LogP contribution in [-0.4, -0.2) is 41.1 Å². The zero-order chi connectivity index (χ0) is 23.8. The standard InChI is InChI=1S/C25H35BrN4O3/c1-25(2,3)33-24(32)28-15-8-6-4-5-7-9-17-30-22(31)21(19-11-13-20(26)14-12-19)29-18-10-16-27-23(29)30/h10-14,16,18,21-22,31H,4-9,15,17H2,1-3H3/p+1. The minimum atomic E-state index is -0.639. The van der Waals surface area contributed by atoms with Crippen LogP contribution in [0.5, 0.6) is 0 Å². The first-order valence-corrected chi connectivity index (χ1v) is 12.6.